The van der Waals surface area contributed by atoms with Crippen molar-refractivity contribution in [2.45, 2.75) is 0 Å². The number of tetrazole rings is 1. The fourth-order valence-corrected chi connectivity index (χ4v) is 3.33. The van der Waals surface area contributed by atoms with E-state index in [1.165, 1.54) is 23.1 Å². The molecule has 0 radical (unpaired) electrons. The van der Waals surface area contributed by atoms with Crippen molar-refractivity contribution in [3.8, 4) is 5.69 Å². The zero-order valence-electron chi connectivity index (χ0n) is 16.9. The third-order valence-corrected chi connectivity index (χ3v) is 5.10. The normalized spacial score (nSPS) is 13.6. The van der Waals surface area contributed by atoms with Crippen molar-refractivity contribution < 1.29 is 19.2 Å². The van der Waals surface area contributed by atoms with Crippen molar-refractivity contribution in [2.24, 2.45) is 0 Å². The van der Waals surface area contributed by atoms with Gasteiger partial charge in [0.25, 0.3) is 11.6 Å². The number of carbonyl (C=O) groups excluding carboxylic acids is 2. The van der Waals surface area contributed by atoms with Crippen LogP contribution in [0.5, 0.6) is 0 Å². The summed E-state index contributed by atoms with van der Waals surface area (Å²) in [6, 6.07) is 12.8. The van der Waals surface area contributed by atoms with Crippen LogP contribution in [0.3, 0.4) is 0 Å². The average molecular weight is 437 g/mol. The molecule has 0 unspecified atom stereocenters. The number of ether oxygens (including phenoxy) is 1. The minimum absolute atomic E-state index is 0.0365. The molecule has 12 nitrogen and oxygen atoms in total. The lowest BCUT2D eigenvalue weighted by atomic mass is 10.2. The lowest BCUT2D eigenvalue weighted by Gasteiger charge is -2.36. The van der Waals surface area contributed by atoms with Crippen LogP contribution >= 0.6 is 0 Å². The smallest absolute Gasteiger partial charge is 0.338 e. The van der Waals surface area contributed by atoms with E-state index in [1.54, 1.807) is 41.3 Å². The molecular weight excluding hydrogens is 418 g/mol. The third kappa shape index (κ3) is 4.69. The highest BCUT2D eigenvalue weighted by atomic mass is 16.6. The van der Waals surface area contributed by atoms with Crippen LogP contribution in [0, 0.1) is 10.1 Å². The SMILES string of the molecule is O=C(OCC(=O)N1CCN(c2ccc([N+](=O)[O-])cc2)CC1)c1ccc(-n2cnnn2)cc1. The summed E-state index contributed by atoms with van der Waals surface area (Å²) in [6.45, 7) is 1.75. The number of nitro benzene ring substituents is 1. The molecule has 1 aliphatic rings. The van der Waals surface area contributed by atoms with Crippen molar-refractivity contribution in [2.75, 3.05) is 37.7 Å². The van der Waals surface area contributed by atoms with E-state index in [0.29, 0.717) is 37.4 Å². The van der Waals surface area contributed by atoms with Gasteiger partial charge in [-0.25, -0.2) is 9.48 Å². The Morgan fingerprint density at radius 2 is 1.62 bits per heavy atom. The maximum atomic E-state index is 12.4. The molecule has 1 amide bonds. The maximum absolute atomic E-state index is 12.4. The summed E-state index contributed by atoms with van der Waals surface area (Å²) in [5.74, 6) is -0.863. The Morgan fingerprint density at radius 1 is 0.969 bits per heavy atom. The number of aromatic nitrogens is 4. The number of carbonyl (C=O) groups is 2. The van der Waals surface area contributed by atoms with Gasteiger partial charge in [-0.2, -0.15) is 0 Å². The van der Waals surface area contributed by atoms with Crippen molar-refractivity contribution in [1.82, 2.24) is 25.1 Å². The number of rotatable bonds is 6. The molecule has 0 aliphatic carbocycles. The van der Waals surface area contributed by atoms with E-state index >= 15 is 0 Å². The Bertz CT molecular complexity index is 1090. The number of anilines is 1. The van der Waals surface area contributed by atoms with Crippen molar-refractivity contribution in [3.63, 3.8) is 0 Å². The molecule has 32 heavy (non-hydrogen) atoms. The predicted octanol–water partition coefficient (Wildman–Crippen LogP) is 1.08. The van der Waals surface area contributed by atoms with E-state index in [0.717, 1.165) is 5.69 Å². The summed E-state index contributed by atoms with van der Waals surface area (Å²) in [6.07, 6.45) is 1.44. The van der Waals surface area contributed by atoms with Gasteiger partial charge >= 0.3 is 5.97 Å². The molecule has 3 aromatic rings. The highest BCUT2D eigenvalue weighted by Crippen LogP contribution is 2.20. The van der Waals surface area contributed by atoms with Gasteiger partial charge in [0.2, 0.25) is 0 Å². The standard InChI is InChI=1S/C20H19N7O5/c28-19(13-32-20(29)15-1-3-17(4-2-15)26-14-21-22-23-26)25-11-9-24(10-12-25)16-5-7-18(8-6-16)27(30)31/h1-8,14H,9-13H2. The van der Waals surface area contributed by atoms with E-state index in [9.17, 15) is 19.7 Å². The molecule has 1 aromatic heterocycles. The molecule has 1 saturated heterocycles. The summed E-state index contributed by atoms with van der Waals surface area (Å²) in [7, 11) is 0. The number of benzene rings is 2. The van der Waals surface area contributed by atoms with Gasteiger partial charge in [-0.05, 0) is 46.8 Å². The van der Waals surface area contributed by atoms with Gasteiger partial charge in [0.1, 0.15) is 6.33 Å². The van der Waals surface area contributed by atoms with Crippen molar-refractivity contribution >= 4 is 23.3 Å². The molecule has 2 heterocycles. The lowest BCUT2D eigenvalue weighted by molar-refractivity contribution is -0.384. The number of nitro groups is 1. The Kier molecular flexibility index (Phi) is 6.01. The molecule has 1 fully saturated rings. The number of amides is 1. The van der Waals surface area contributed by atoms with E-state index in [1.807, 2.05) is 4.90 Å². The monoisotopic (exact) mass is 437 g/mol. The highest BCUT2D eigenvalue weighted by Gasteiger charge is 2.23. The number of piperazine rings is 1. The average Bonchev–Trinajstić information content (AvgIpc) is 3.38. The van der Waals surface area contributed by atoms with Gasteiger partial charge < -0.3 is 14.5 Å². The van der Waals surface area contributed by atoms with Gasteiger partial charge in [-0.1, -0.05) is 0 Å². The molecule has 2 aromatic carbocycles. The minimum Gasteiger partial charge on any atom is -0.452 e. The maximum Gasteiger partial charge on any atom is 0.338 e. The van der Waals surface area contributed by atoms with Gasteiger partial charge in [-0.3, -0.25) is 14.9 Å². The van der Waals surface area contributed by atoms with Crippen LogP contribution in [0.25, 0.3) is 5.69 Å². The van der Waals surface area contributed by atoms with Crippen LogP contribution in [0.4, 0.5) is 11.4 Å². The van der Waals surface area contributed by atoms with Gasteiger partial charge in [-0.15, -0.1) is 5.10 Å². The molecule has 0 saturated carbocycles. The summed E-state index contributed by atoms with van der Waals surface area (Å²) < 4.78 is 6.62. The van der Waals surface area contributed by atoms with Gasteiger partial charge in [0.05, 0.1) is 16.2 Å². The van der Waals surface area contributed by atoms with Crippen LogP contribution in [0.1, 0.15) is 10.4 Å². The fourth-order valence-electron chi connectivity index (χ4n) is 3.33. The molecule has 0 bridgehead atoms. The number of esters is 1. The second kappa shape index (κ2) is 9.20. The fraction of sp³-hybridized carbons (Fsp3) is 0.250. The number of hydrogen-bond acceptors (Lipinski definition) is 9. The highest BCUT2D eigenvalue weighted by molar-refractivity contribution is 5.91. The minimum atomic E-state index is -0.592. The number of non-ortho nitro benzene ring substituents is 1. The quantitative estimate of drug-likeness (QED) is 0.315. The van der Waals surface area contributed by atoms with Gasteiger partial charge in [0.15, 0.2) is 6.61 Å². The summed E-state index contributed by atoms with van der Waals surface area (Å²) >= 11 is 0. The van der Waals surface area contributed by atoms with E-state index < -0.39 is 10.9 Å². The number of hydrogen-bond donors (Lipinski definition) is 0. The van der Waals surface area contributed by atoms with Crippen LogP contribution in [-0.2, 0) is 9.53 Å². The van der Waals surface area contributed by atoms with E-state index in [2.05, 4.69) is 15.5 Å². The topological polar surface area (TPSA) is 137 Å². The van der Waals surface area contributed by atoms with Crippen molar-refractivity contribution in [3.05, 3.63) is 70.5 Å². The first-order chi connectivity index (χ1) is 15.5. The largest absolute Gasteiger partial charge is 0.452 e. The Hall–Kier alpha value is -4.35. The molecular formula is C20H19N7O5. The van der Waals surface area contributed by atoms with Crippen molar-refractivity contribution in [1.29, 1.82) is 0 Å². The lowest BCUT2D eigenvalue weighted by Crippen LogP contribution is -2.49. The predicted molar refractivity (Wildman–Crippen MR) is 111 cm³/mol. The zero-order chi connectivity index (χ0) is 22.5. The molecule has 0 N–H and O–H groups in total. The van der Waals surface area contributed by atoms with Gasteiger partial charge in [0, 0.05) is 44.0 Å². The van der Waals surface area contributed by atoms with E-state index in [-0.39, 0.29) is 18.2 Å². The summed E-state index contributed by atoms with van der Waals surface area (Å²) in [4.78, 5) is 38.7. The van der Waals surface area contributed by atoms with Crippen LogP contribution in [0.2, 0.25) is 0 Å². The Labute approximate surface area is 182 Å². The zero-order valence-corrected chi connectivity index (χ0v) is 16.9. The van der Waals surface area contributed by atoms with E-state index in [4.69, 9.17) is 4.74 Å². The first-order valence-electron chi connectivity index (χ1n) is 9.79. The molecule has 12 heteroatoms. The first kappa shape index (κ1) is 20.9. The Morgan fingerprint density at radius 3 is 2.22 bits per heavy atom. The molecule has 0 spiro atoms. The molecule has 1 aliphatic heterocycles. The second-order valence-corrected chi connectivity index (χ2v) is 7.02. The molecule has 0 atom stereocenters. The Balaban J connectivity index is 1.25. The van der Waals surface area contributed by atoms with Crippen LogP contribution in [-0.4, -0.2) is 74.7 Å². The summed E-state index contributed by atoms with van der Waals surface area (Å²) in [5.41, 5.74) is 1.90. The second-order valence-electron chi connectivity index (χ2n) is 7.02. The number of nitrogens with zero attached hydrogens (tertiary/aromatic N) is 7. The summed E-state index contributed by atoms with van der Waals surface area (Å²) in [5, 5.41) is 21.6. The van der Waals surface area contributed by atoms with Crippen LogP contribution < -0.4 is 4.90 Å². The van der Waals surface area contributed by atoms with Crippen LogP contribution in [0.15, 0.2) is 54.9 Å². The molecule has 164 valence electrons. The third-order valence-electron chi connectivity index (χ3n) is 5.10. The molecule has 4 rings (SSSR count). The first-order valence-corrected chi connectivity index (χ1v) is 9.79.